The lowest BCUT2D eigenvalue weighted by molar-refractivity contribution is -0.384. The third-order valence-electron chi connectivity index (χ3n) is 3.04. The van der Waals surface area contributed by atoms with Gasteiger partial charge < -0.3 is 10.6 Å². The Hall–Kier alpha value is -2.11. The van der Waals surface area contributed by atoms with Gasteiger partial charge in [0.2, 0.25) is 0 Å². The molecule has 2 amide bonds. The Bertz CT molecular complexity index is 483. The van der Waals surface area contributed by atoms with Crippen molar-refractivity contribution in [2.75, 3.05) is 5.32 Å². The van der Waals surface area contributed by atoms with Gasteiger partial charge in [-0.05, 0) is 37.8 Å². The Morgan fingerprint density at radius 1 is 1.44 bits per heavy atom. The molecule has 1 aliphatic rings. The van der Waals surface area contributed by atoms with E-state index < -0.39 is 4.92 Å². The minimum atomic E-state index is -0.494. The Morgan fingerprint density at radius 2 is 2.17 bits per heavy atom. The second-order valence-electron chi connectivity index (χ2n) is 4.50. The highest BCUT2D eigenvalue weighted by atomic mass is 16.6. The summed E-state index contributed by atoms with van der Waals surface area (Å²) in [5.41, 5.74) is 0.924. The average Bonchev–Trinajstić information content (AvgIpc) is 2.26. The average molecular weight is 249 g/mol. The van der Waals surface area contributed by atoms with E-state index in [4.69, 9.17) is 0 Å². The molecule has 2 N–H and O–H groups in total. The van der Waals surface area contributed by atoms with Gasteiger partial charge >= 0.3 is 6.03 Å². The molecule has 1 fully saturated rings. The van der Waals surface area contributed by atoms with E-state index in [1.54, 1.807) is 19.1 Å². The standard InChI is InChI=1S/C12H15N3O3/c1-8-5-6-10(11(7-8)15(17)18)14-12(16)13-9-3-2-4-9/h5-7,9H,2-4H2,1H3,(H2,13,14,16). The molecule has 0 saturated heterocycles. The first kappa shape index (κ1) is 12.3. The lowest BCUT2D eigenvalue weighted by Gasteiger charge is -2.26. The van der Waals surface area contributed by atoms with Gasteiger partial charge in [-0.3, -0.25) is 10.1 Å². The van der Waals surface area contributed by atoms with E-state index >= 15 is 0 Å². The van der Waals surface area contributed by atoms with Crippen molar-refractivity contribution in [3.8, 4) is 0 Å². The molecule has 1 aromatic rings. The molecule has 0 heterocycles. The van der Waals surface area contributed by atoms with E-state index in [1.165, 1.54) is 6.07 Å². The predicted molar refractivity (Wildman–Crippen MR) is 67.6 cm³/mol. The van der Waals surface area contributed by atoms with E-state index in [9.17, 15) is 14.9 Å². The van der Waals surface area contributed by atoms with Gasteiger partial charge in [-0.15, -0.1) is 0 Å². The number of anilines is 1. The summed E-state index contributed by atoms with van der Waals surface area (Å²) in [6, 6.07) is 4.54. The van der Waals surface area contributed by atoms with Crippen LogP contribution in [0.5, 0.6) is 0 Å². The van der Waals surface area contributed by atoms with Crippen molar-refractivity contribution in [1.82, 2.24) is 5.32 Å². The zero-order chi connectivity index (χ0) is 13.1. The summed E-state index contributed by atoms with van der Waals surface area (Å²) in [5.74, 6) is 0. The number of hydrogen-bond donors (Lipinski definition) is 2. The zero-order valence-corrected chi connectivity index (χ0v) is 10.1. The number of benzene rings is 1. The zero-order valence-electron chi connectivity index (χ0n) is 10.1. The summed E-state index contributed by atoms with van der Waals surface area (Å²) in [6.45, 7) is 1.77. The van der Waals surface area contributed by atoms with Crippen LogP contribution in [0.4, 0.5) is 16.2 Å². The molecule has 0 unspecified atom stereocenters. The fourth-order valence-electron chi connectivity index (χ4n) is 1.79. The topological polar surface area (TPSA) is 84.3 Å². The van der Waals surface area contributed by atoms with Crippen molar-refractivity contribution in [3.63, 3.8) is 0 Å². The van der Waals surface area contributed by atoms with Crippen LogP contribution < -0.4 is 10.6 Å². The van der Waals surface area contributed by atoms with Crippen molar-refractivity contribution < 1.29 is 9.72 Å². The Kier molecular flexibility index (Phi) is 3.45. The summed E-state index contributed by atoms with van der Waals surface area (Å²) in [6.07, 6.45) is 3.07. The van der Waals surface area contributed by atoms with Gasteiger partial charge in [0, 0.05) is 12.1 Å². The molecule has 0 bridgehead atoms. The van der Waals surface area contributed by atoms with Gasteiger partial charge in [0.1, 0.15) is 5.69 Å². The summed E-state index contributed by atoms with van der Waals surface area (Å²) >= 11 is 0. The fraction of sp³-hybridized carbons (Fsp3) is 0.417. The normalized spacial score (nSPS) is 14.7. The third-order valence-corrected chi connectivity index (χ3v) is 3.04. The number of carbonyl (C=O) groups excluding carboxylic acids is 1. The summed E-state index contributed by atoms with van der Waals surface area (Å²) in [5, 5.41) is 16.2. The maximum absolute atomic E-state index is 11.6. The number of urea groups is 1. The molecule has 0 aromatic heterocycles. The van der Waals surface area contributed by atoms with E-state index in [1.807, 2.05) is 0 Å². The van der Waals surface area contributed by atoms with Crippen LogP contribution >= 0.6 is 0 Å². The molecule has 6 heteroatoms. The molecule has 0 radical (unpaired) electrons. The van der Waals surface area contributed by atoms with Gasteiger partial charge in [0.15, 0.2) is 0 Å². The Balaban J connectivity index is 2.07. The number of hydrogen-bond acceptors (Lipinski definition) is 3. The molecular weight excluding hydrogens is 234 g/mol. The number of amides is 2. The minimum Gasteiger partial charge on any atom is -0.335 e. The van der Waals surface area contributed by atoms with Gasteiger partial charge in [0.05, 0.1) is 4.92 Å². The molecule has 6 nitrogen and oxygen atoms in total. The van der Waals surface area contributed by atoms with Gasteiger partial charge in [-0.2, -0.15) is 0 Å². The molecular formula is C12H15N3O3. The molecule has 2 rings (SSSR count). The molecule has 18 heavy (non-hydrogen) atoms. The van der Waals surface area contributed by atoms with Crippen molar-refractivity contribution in [1.29, 1.82) is 0 Å². The first-order valence-corrected chi connectivity index (χ1v) is 5.89. The summed E-state index contributed by atoms with van der Waals surface area (Å²) in [4.78, 5) is 22.0. The molecule has 1 saturated carbocycles. The highest BCUT2D eigenvalue weighted by Gasteiger charge is 2.21. The number of carbonyl (C=O) groups is 1. The molecule has 1 aliphatic carbocycles. The third kappa shape index (κ3) is 2.77. The fourth-order valence-corrected chi connectivity index (χ4v) is 1.79. The van der Waals surface area contributed by atoms with Crippen LogP contribution in [0.15, 0.2) is 18.2 Å². The Morgan fingerprint density at radius 3 is 2.72 bits per heavy atom. The van der Waals surface area contributed by atoms with Crippen molar-refractivity contribution in [2.24, 2.45) is 0 Å². The van der Waals surface area contributed by atoms with Crippen molar-refractivity contribution in [2.45, 2.75) is 32.2 Å². The highest BCUT2D eigenvalue weighted by molar-refractivity contribution is 5.92. The van der Waals surface area contributed by atoms with Gasteiger partial charge in [-0.25, -0.2) is 4.79 Å². The summed E-state index contributed by atoms with van der Waals surface area (Å²) in [7, 11) is 0. The SMILES string of the molecule is Cc1ccc(NC(=O)NC2CCC2)c([N+](=O)[O-])c1. The lowest BCUT2D eigenvalue weighted by Crippen LogP contribution is -2.41. The minimum absolute atomic E-state index is 0.0845. The van der Waals surface area contributed by atoms with E-state index in [2.05, 4.69) is 10.6 Å². The maximum atomic E-state index is 11.6. The van der Waals surface area contributed by atoms with Crippen LogP contribution in [0.2, 0.25) is 0 Å². The highest BCUT2D eigenvalue weighted by Crippen LogP contribution is 2.25. The molecule has 0 atom stereocenters. The maximum Gasteiger partial charge on any atom is 0.319 e. The summed E-state index contributed by atoms with van der Waals surface area (Å²) < 4.78 is 0. The molecule has 0 aliphatic heterocycles. The second-order valence-corrected chi connectivity index (χ2v) is 4.50. The van der Waals surface area contributed by atoms with E-state index in [-0.39, 0.29) is 23.4 Å². The lowest BCUT2D eigenvalue weighted by atomic mass is 9.93. The smallest absolute Gasteiger partial charge is 0.319 e. The largest absolute Gasteiger partial charge is 0.335 e. The van der Waals surface area contributed by atoms with Crippen LogP contribution in [0.3, 0.4) is 0 Å². The second kappa shape index (κ2) is 5.03. The predicted octanol–water partition coefficient (Wildman–Crippen LogP) is 2.58. The molecule has 0 spiro atoms. The Labute approximate surface area is 105 Å². The van der Waals surface area contributed by atoms with E-state index in [0.717, 1.165) is 24.8 Å². The van der Waals surface area contributed by atoms with Crippen LogP contribution in [0.25, 0.3) is 0 Å². The van der Waals surface area contributed by atoms with Crippen LogP contribution in [0.1, 0.15) is 24.8 Å². The van der Waals surface area contributed by atoms with E-state index in [0.29, 0.717) is 0 Å². The van der Waals surface area contributed by atoms with Crippen LogP contribution in [-0.4, -0.2) is 17.0 Å². The first-order valence-electron chi connectivity index (χ1n) is 5.89. The van der Waals surface area contributed by atoms with Crippen LogP contribution in [-0.2, 0) is 0 Å². The molecule has 1 aromatic carbocycles. The number of nitrogens with zero attached hydrogens (tertiary/aromatic N) is 1. The number of nitrogens with one attached hydrogen (secondary N) is 2. The quantitative estimate of drug-likeness (QED) is 0.637. The van der Waals surface area contributed by atoms with Crippen molar-refractivity contribution in [3.05, 3.63) is 33.9 Å². The van der Waals surface area contributed by atoms with Gasteiger partial charge in [0.25, 0.3) is 5.69 Å². The number of aryl methyl sites for hydroxylation is 1. The first-order chi connectivity index (χ1) is 8.56. The number of nitro groups is 1. The monoisotopic (exact) mass is 249 g/mol. The van der Waals surface area contributed by atoms with Gasteiger partial charge in [-0.1, -0.05) is 6.07 Å². The molecule has 96 valence electrons. The number of nitro benzene ring substituents is 1. The van der Waals surface area contributed by atoms with Crippen molar-refractivity contribution >= 4 is 17.4 Å². The van der Waals surface area contributed by atoms with Crippen LogP contribution in [0, 0.1) is 17.0 Å². The number of rotatable bonds is 3.